The van der Waals surface area contributed by atoms with Gasteiger partial charge in [-0.15, -0.1) is 0 Å². The van der Waals surface area contributed by atoms with Crippen molar-refractivity contribution in [3.63, 3.8) is 0 Å². The molecular weight excluding hydrogens is 250 g/mol. The molecule has 2 aliphatic rings. The number of nitrogens with one attached hydrogen (secondary N) is 1. The van der Waals surface area contributed by atoms with Gasteiger partial charge in [0.15, 0.2) is 9.84 Å². The third kappa shape index (κ3) is 2.52. The van der Waals surface area contributed by atoms with E-state index in [9.17, 15) is 8.42 Å². The zero-order chi connectivity index (χ0) is 12.6. The molecule has 0 spiro atoms. The van der Waals surface area contributed by atoms with Gasteiger partial charge >= 0.3 is 0 Å². The summed E-state index contributed by atoms with van der Waals surface area (Å²) in [6, 6.07) is 6.08. The third-order valence-corrected chi connectivity index (χ3v) is 5.30. The summed E-state index contributed by atoms with van der Waals surface area (Å²) in [6.45, 7) is 1.89. The van der Waals surface area contributed by atoms with E-state index >= 15 is 0 Å². The quantitative estimate of drug-likeness (QED) is 0.865. The Labute approximate surface area is 107 Å². The highest BCUT2D eigenvalue weighted by molar-refractivity contribution is 7.91. The molecule has 4 nitrogen and oxygen atoms in total. The van der Waals surface area contributed by atoms with Crippen LogP contribution in [0, 0.1) is 0 Å². The second-order valence-corrected chi connectivity index (χ2v) is 7.23. The Bertz CT molecular complexity index is 553. The van der Waals surface area contributed by atoms with Gasteiger partial charge in [-0.1, -0.05) is 6.07 Å². The summed E-state index contributed by atoms with van der Waals surface area (Å²) >= 11 is 0. The zero-order valence-corrected chi connectivity index (χ0v) is 11.0. The summed E-state index contributed by atoms with van der Waals surface area (Å²) in [5.74, 6) is 1.20. The van der Waals surface area contributed by atoms with Crippen LogP contribution >= 0.6 is 0 Å². The highest BCUT2D eigenvalue weighted by Gasteiger charge is 2.29. The summed E-state index contributed by atoms with van der Waals surface area (Å²) in [6.07, 6.45) is 1.48. The number of sulfone groups is 1. The summed E-state index contributed by atoms with van der Waals surface area (Å²) in [5, 5.41) is 3.32. The molecule has 0 aromatic heterocycles. The fraction of sp³-hybridized carbons (Fsp3) is 0.538. The van der Waals surface area contributed by atoms with E-state index in [2.05, 4.69) is 11.4 Å². The zero-order valence-electron chi connectivity index (χ0n) is 10.2. The lowest BCUT2D eigenvalue weighted by molar-refractivity contribution is 0.228. The number of hydrogen-bond acceptors (Lipinski definition) is 4. The highest BCUT2D eigenvalue weighted by atomic mass is 32.2. The molecule has 1 aromatic carbocycles. The van der Waals surface area contributed by atoms with Crippen molar-refractivity contribution >= 4 is 9.84 Å². The molecule has 1 unspecified atom stereocenters. The second kappa shape index (κ2) is 4.55. The van der Waals surface area contributed by atoms with Gasteiger partial charge in [0.25, 0.3) is 0 Å². The lowest BCUT2D eigenvalue weighted by Crippen LogP contribution is -2.24. The fourth-order valence-electron chi connectivity index (χ4n) is 2.58. The van der Waals surface area contributed by atoms with Crippen LogP contribution in [0.3, 0.4) is 0 Å². The predicted octanol–water partition coefficient (Wildman–Crippen LogP) is 0.898. The van der Waals surface area contributed by atoms with Crippen molar-refractivity contribution in [3.8, 4) is 5.75 Å². The highest BCUT2D eigenvalue weighted by Crippen LogP contribution is 2.24. The Morgan fingerprint density at radius 3 is 2.94 bits per heavy atom. The Morgan fingerprint density at radius 2 is 2.17 bits per heavy atom. The summed E-state index contributed by atoms with van der Waals surface area (Å²) in [4.78, 5) is 0. The minimum absolute atomic E-state index is 0.155. The number of benzene rings is 1. The van der Waals surface area contributed by atoms with Gasteiger partial charge in [-0.25, -0.2) is 8.42 Å². The Balaban J connectivity index is 1.74. The average molecular weight is 267 g/mol. The minimum atomic E-state index is -2.87. The molecule has 0 amide bonds. The predicted molar refractivity (Wildman–Crippen MR) is 69.5 cm³/mol. The van der Waals surface area contributed by atoms with Crippen LogP contribution in [0.25, 0.3) is 0 Å². The molecule has 0 bridgehead atoms. The Hall–Kier alpha value is -1.07. The van der Waals surface area contributed by atoms with E-state index in [-0.39, 0.29) is 17.6 Å². The third-order valence-electron chi connectivity index (χ3n) is 3.56. The molecular formula is C13H17NO3S. The van der Waals surface area contributed by atoms with E-state index in [0.29, 0.717) is 6.42 Å². The number of rotatable bonds is 2. The first-order chi connectivity index (χ1) is 8.62. The van der Waals surface area contributed by atoms with Crippen molar-refractivity contribution in [2.24, 2.45) is 0 Å². The largest absolute Gasteiger partial charge is 0.489 e. The monoisotopic (exact) mass is 267 g/mol. The number of fused-ring (bicyclic) bond motifs is 1. The number of hydrogen-bond donors (Lipinski definition) is 1. The molecule has 1 N–H and O–H groups in total. The fourth-order valence-corrected chi connectivity index (χ4v) is 4.17. The Kier molecular flexibility index (Phi) is 3.03. The topological polar surface area (TPSA) is 55.4 Å². The van der Waals surface area contributed by atoms with Gasteiger partial charge < -0.3 is 10.1 Å². The van der Waals surface area contributed by atoms with E-state index in [1.54, 1.807) is 0 Å². The molecule has 1 atom stereocenters. The van der Waals surface area contributed by atoms with Crippen LogP contribution in [0.4, 0.5) is 0 Å². The van der Waals surface area contributed by atoms with Gasteiger partial charge in [-0.05, 0) is 42.6 Å². The van der Waals surface area contributed by atoms with Gasteiger partial charge in [-0.2, -0.15) is 0 Å². The van der Waals surface area contributed by atoms with Crippen LogP contribution in [-0.2, 0) is 22.8 Å². The molecule has 0 aliphatic carbocycles. The summed E-state index contributed by atoms with van der Waals surface area (Å²) in [7, 11) is -2.87. The lowest BCUT2D eigenvalue weighted by atomic mass is 10.0. The van der Waals surface area contributed by atoms with Crippen molar-refractivity contribution in [3.05, 3.63) is 29.3 Å². The summed E-state index contributed by atoms with van der Waals surface area (Å²) < 4.78 is 28.5. The summed E-state index contributed by atoms with van der Waals surface area (Å²) in [5.41, 5.74) is 2.62. The lowest BCUT2D eigenvalue weighted by Gasteiger charge is -2.19. The van der Waals surface area contributed by atoms with Crippen LogP contribution in [0.5, 0.6) is 5.75 Å². The smallest absolute Gasteiger partial charge is 0.154 e. The van der Waals surface area contributed by atoms with E-state index in [1.807, 2.05) is 12.1 Å². The van der Waals surface area contributed by atoms with Gasteiger partial charge in [0.1, 0.15) is 11.9 Å². The van der Waals surface area contributed by atoms with Crippen molar-refractivity contribution in [1.29, 1.82) is 0 Å². The van der Waals surface area contributed by atoms with Crippen molar-refractivity contribution in [1.82, 2.24) is 5.32 Å². The van der Waals surface area contributed by atoms with Crippen LogP contribution in [0.2, 0.25) is 0 Å². The molecule has 1 saturated heterocycles. The van der Waals surface area contributed by atoms with Crippen LogP contribution in [-0.4, -0.2) is 32.6 Å². The van der Waals surface area contributed by atoms with E-state index in [4.69, 9.17) is 4.74 Å². The minimum Gasteiger partial charge on any atom is -0.489 e. The van der Waals surface area contributed by atoms with Gasteiger partial charge in [-0.3, -0.25) is 0 Å². The molecule has 98 valence electrons. The first-order valence-electron chi connectivity index (χ1n) is 6.32. The first kappa shape index (κ1) is 12.0. The average Bonchev–Trinajstić information content (AvgIpc) is 2.68. The maximum absolute atomic E-state index is 11.4. The molecule has 2 aliphatic heterocycles. The second-order valence-electron chi connectivity index (χ2n) is 5.00. The maximum atomic E-state index is 11.4. The van der Waals surface area contributed by atoms with Crippen molar-refractivity contribution < 1.29 is 13.2 Å². The molecule has 1 fully saturated rings. The van der Waals surface area contributed by atoms with Crippen LogP contribution < -0.4 is 10.1 Å². The first-order valence-corrected chi connectivity index (χ1v) is 8.14. The SMILES string of the molecule is O=S1(=O)CCC(Oc2ccc3c(c2)CNCC3)C1. The molecule has 18 heavy (non-hydrogen) atoms. The van der Waals surface area contributed by atoms with E-state index in [0.717, 1.165) is 25.3 Å². The van der Waals surface area contributed by atoms with Crippen LogP contribution in [0.15, 0.2) is 18.2 Å². The molecule has 3 rings (SSSR count). The molecule has 5 heteroatoms. The van der Waals surface area contributed by atoms with E-state index < -0.39 is 9.84 Å². The molecule has 0 radical (unpaired) electrons. The number of ether oxygens (including phenoxy) is 1. The van der Waals surface area contributed by atoms with Crippen molar-refractivity contribution in [2.45, 2.75) is 25.5 Å². The normalized spacial score (nSPS) is 25.7. The maximum Gasteiger partial charge on any atom is 0.154 e. The molecule has 1 aromatic rings. The Morgan fingerprint density at radius 1 is 1.28 bits per heavy atom. The standard InChI is InChI=1S/C13H17NO3S/c15-18(16)6-4-13(9-18)17-12-2-1-10-3-5-14-8-11(10)7-12/h1-2,7,13-14H,3-6,8-9H2. The van der Waals surface area contributed by atoms with Gasteiger partial charge in [0.05, 0.1) is 11.5 Å². The van der Waals surface area contributed by atoms with Crippen LogP contribution in [0.1, 0.15) is 17.5 Å². The van der Waals surface area contributed by atoms with Crippen molar-refractivity contribution in [2.75, 3.05) is 18.1 Å². The molecule has 2 heterocycles. The molecule has 0 saturated carbocycles. The van der Waals surface area contributed by atoms with Gasteiger partial charge in [0.2, 0.25) is 0 Å². The van der Waals surface area contributed by atoms with E-state index in [1.165, 1.54) is 11.1 Å². The van der Waals surface area contributed by atoms with Gasteiger partial charge in [0, 0.05) is 6.54 Å².